The summed E-state index contributed by atoms with van der Waals surface area (Å²) in [6.07, 6.45) is 4.33. The van der Waals surface area contributed by atoms with E-state index in [4.69, 9.17) is 0 Å². The largest absolute Gasteiger partial charge is 0.345 e. The summed E-state index contributed by atoms with van der Waals surface area (Å²) >= 11 is 0. The molecule has 1 atom stereocenters. The molecule has 6 rings (SSSR count). The average Bonchev–Trinajstić information content (AvgIpc) is 3.56. The molecule has 5 heterocycles. The van der Waals surface area contributed by atoms with Crippen molar-refractivity contribution < 1.29 is 14.0 Å². The second-order valence-electron chi connectivity index (χ2n) is 8.36. The lowest BCUT2D eigenvalue weighted by Gasteiger charge is -2.27. The molecular formula is C24H18FN7O3. The van der Waals surface area contributed by atoms with Crippen LogP contribution in [0.15, 0.2) is 59.9 Å². The van der Waals surface area contributed by atoms with Crippen molar-refractivity contribution in [2.24, 2.45) is 0 Å². The average molecular weight is 471 g/mol. The Morgan fingerprint density at radius 2 is 1.94 bits per heavy atom. The SMILES string of the molecule is CC(=O)c1c[nH]c2ncnc(N3CC(=O)C[C@H]3c3nn4ccc(F)c4c(=O)n3-c3ccccc3)c12. The molecule has 1 aliphatic heterocycles. The van der Waals surface area contributed by atoms with Gasteiger partial charge in [0.2, 0.25) is 0 Å². The first kappa shape index (κ1) is 20.9. The van der Waals surface area contributed by atoms with Crippen LogP contribution in [0, 0.1) is 5.82 Å². The summed E-state index contributed by atoms with van der Waals surface area (Å²) in [6, 6.07) is 9.23. The number of H-pyrrole nitrogens is 1. The van der Waals surface area contributed by atoms with E-state index in [0.717, 1.165) is 0 Å². The lowest BCUT2D eigenvalue weighted by atomic mass is 10.1. The van der Waals surface area contributed by atoms with E-state index < -0.39 is 17.4 Å². The molecule has 1 aromatic carbocycles. The minimum absolute atomic E-state index is 0.00203. The molecule has 5 aromatic rings. The molecule has 0 aliphatic carbocycles. The maximum atomic E-state index is 14.5. The number of aromatic nitrogens is 6. The number of Topliss-reactive ketones (excluding diaryl/α,β-unsaturated/α-hetero) is 2. The number of para-hydroxylation sites is 1. The quantitative estimate of drug-likeness (QED) is 0.400. The highest BCUT2D eigenvalue weighted by Gasteiger charge is 2.38. The number of rotatable bonds is 4. The van der Waals surface area contributed by atoms with E-state index in [1.54, 1.807) is 41.4 Å². The number of benzene rings is 1. The van der Waals surface area contributed by atoms with E-state index in [1.807, 2.05) is 0 Å². The second-order valence-corrected chi connectivity index (χ2v) is 8.36. The monoisotopic (exact) mass is 471 g/mol. The lowest BCUT2D eigenvalue weighted by molar-refractivity contribution is -0.116. The van der Waals surface area contributed by atoms with Gasteiger partial charge < -0.3 is 9.88 Å². The molecule has 1 N–H and O–H groups in total. The van der Waals surface area contributed by atoms with E-state index >= 15 is 0 Å². The fourth-order valence-corrected chi connectivity index (χ4v) is 4.68. The maximum absolute atomic E-state index is 14.5. The number of nitrogens with one attached hydrogen (secondary N) is 1. The Labute approximate surface area is 196 Å². The molecule has 10 nitrogen and oxygen atoms in total. The summed E-state index contributed by atoms with van der Waals surface area (Å²) in [5.41, 5.74) is 0.547. The second kappa shape index (κ2) is 7.69. The molecule has 0 bridgehead atoms. The highest BCUT2D eigenvalue weighted by molar-refractivity contribution is 6.10. The van der Waals surface area contributed by atoms with Gasteiger partial charge in [-0.25, -0.2) is 18.9 Å². The minimum Gasteiger partial charge on any atom is -0.345 e. The van der Waals surface area contributed by atoms with Crippen molar-refractivity contribution in [1.29, 1.82) is 0 Å². The third-order valence-electron chi connectivity index (χ3n) is 6.22. The van der Waals surface area contributed by atoms with Gasteiger partial charge in [-0.15, -0.1) is 0 Å². The number of fused-ring (bicyclic) bond motifs is 2. The van der Waals surface area contributed by atoms with Crippen LogP contribution in [0.4, 0.5) is 10.2 Å². The van der Waals surface area contributed by atoms with E-state index in [2.05, 4.69) is 20.1 Å². The molecule has 1 fully saturated rings. The third kappa shape index (κ3) is 3.15. The molecule has 0 radical (unpaired) electrons. The van der Waals surface area contributed by atoms with Gasteiger partial charge in [-0.05, 0) is 25.1 Å². The van der Waals surface area contributed by atoms with E-state index in [1.165, 1.54) is 34.6 Å². The van der Waals surface area contributed by atoms with E-state index in [0.29, 0.717) is 28.1 Å². The van der Waals surface area contributed by atoms with E-state index in [9.17, 15) is 18.8 Å². The van der Waals surface area contributed by atoms with Crippen LogP contribution < -0.4 is 10.5 Å². The number of anilines is 1. The van der Waals surface area contributed by atoms with Crippen LogP contribution in [0.2, 0.25) is 0 Å². The van der Waals surface area contributed by atoms with E-state index in [-0.39, 0.29) is 35.9 Å². The number of nitrogens with zero attached hydrogens (tertiary/aromatic N) is 6. The summed E-state index contributed by atoms with van der Waals surface area (Å²) in [5, 5.41) is 5.07. The van der Waals surface area contributed by atoms with Crippen molar-refractivity contribution in [1.82, 2.24) is 29.1 Å². The van der Waals surface area contributed by atoms with Crippen molar-refractivity contribution in [3.63, 3.8) is 0 Å². The fourth-order valence-electron chi connectivity index (χ4n) is 4.68. The first-order chi connectivity index (χ1) is 16.9. The van der Waals surface area contributed by atoms with Crippen molar-refractivity contribution in [3.8, 4) is 5.69 Å². The topological polar surface area (TPSA) is 118 Å². The Balaban J connectivity index is 1.62. The molecule has 0 saturated carbocycles. The number of ketones is 2. The molecule has 1 saturated heterocycles. The smallest absolute Gasteiger partial charge is 0.285 e. The Morgan fingerprint density at radius 3 is 2.71 bits per heavy atom. The minimum atomic E-state index is -0.696. The van der Waals surface area contributed by atoms with Gasteiger partial charge in [0.1, 0.15) is 17.8 Å². The van der Waals surface area contributed by atoms with Crippen molar-refractivity contribution in [2.45, 2.75) is 19.4 Å². The van der Waals surface area contributed by atoms with Gasteiger partial charge in [-0.1, -0.05) is 18.2 Å². The Bertz CT molecular complexity index is 1700. The fraction of sp³-hybridized carbons (Fsp3) is 0.167. The number of hydrogen-bond donors (Lipinski definition) is 1. The molecule has 1 aliphatic rings. The Hall–Kier alpha value is -4.67. The number of aromatic amines is 1. The zero-order valence-electron chi connectivity index (χ0n) is 18.5. The van der Waals surface area contributed by atoms with Gasteiger partial charge in [0.25, 0.3) is 5.56 Å². The summed E-state index contributed by atoms with van der Waals surface area (Å²) < 4.78 is 17.0. The van der Waals surface area contributed by atoms with Gasteiger partial charge in [0, 0.05) is 24.4 Å². The van der Waals surface area contributed by atoms with Crippen LogP contribution in [0.3, 0.4) is 0 Å². The maximum Gasteiger partial charge on any atom is 0.285 e. The van der Waals surface area contributed by atoms with Crippen molar-refractivity contribution in [2.75, 3.05) is 11.4 Å². The standard InChI is InChI=1S/C24H18FN7O3/c1-13(33)16-10-26-21-19(16)23(28-12-27-21)30-11-15(34)9-18(30)22-29-31-8-7-17(25)20(31)24(35)32(22)14-5-3-2-4-6-14/h2-8,10,12,18H,9,11H2,1H3,(H,26,27,28)/t18-/m0/s1. The van der Waals surface area contributed by atoms with Gasteiger partial charge >= 0.3 is 0 Å². The van der Waals surface area contributed by atoms with Gasteiger partial charge in [0.15, 0.2) is 28.7 Å². The van der Waals surface area contributed by atoms with Crippen LogP contribution >= 0.6 is 0 Å². The summed E-state index contributed by atoms with van der Waals surface area (Å²) in [7, 11) is 0. The van der Waals surface area contributed by atoms with Gasteiger partial charge in [0.05, 0.1) is 23.7 Å². The zero-order chi connectivity index (χ0) is 24.3. The van der Waals surface area contributed by atoms with Crippen LogP contribution in [0.1, 0.15) is 35.6 Å². The van der Waals surface area contributed by atoms with Crippen molar-refractivity contribution >= 4 is 33.9 Å². The molecule has 0 spiro atoms. The number of hydrogen-bond acceptors (Lipinski definition) is 7. The highest BCUT2D eigenvalue weighted by atomic mass is 19.1. The molecule has 0 amide bonds. The number of carbonyl (C=O) groups excluding carboxylic acids is 2. The molecule has 174 valence electrons. The zero-order valence-corrected chi connectivity index (χ0v) is 18.5. The number of carbonyl (C=O) groups is 2. The first-order valence-electron chi connectivity index (χ1n) is 10.9. The van der Waals surface area contributed by atoms with Gasteiger partial charge in [-0.2, -0.15) is 5.10 Å². The predicted octanol–water partition coefficient (Wildman–Crippen LogP) is 2.62. The summed E-state index contributed by atoms with van der Waals surface area (Å²) in [5.74, 6) is -0.326. The van der Waals surface area contributed by atoms with Crippen molar-refractivity contribution in [3.05, 3.63) is 82.7 Å². The molecule has 11 heteroatoms. The predicted molar refractivity (Wildman–Crippen MR) is 124 cm³/mol. The highest BCUT2D eigenvalue weighted by Crippen LogP contribution is 2.37. The summed E-state index contributed by atoms with van der Waals surface area (Å²) in [6.45, 7) is 1.44. The third-order valence-corrected chi connectivity index (χ3v) is 6.22. The Morgan fingerprint density at radius 1 is 1.14 bits per heavy atom. The molecule has 4 aromatic heterocycles. The van der Waals surface area contributed by atoms with Crippen LogP contribution in [-0.2, 0) is 4.79 Å². The van der Waals surface area contributed by atoms with Crippen LogP contribution in [-0.4, -0.2) is 47.2 Å². The summed E-state index contributed by atoms with van der Waals surface area (Å²) in [4.78, 5) is 51.9. The Kier molecular flexibility index (Phi) is 4.59. The molecule has 0 unspecified atom stereocenters. The normalized spacial score (nSPS) is 16.0. The molecular weight excluding hydrogens is 453 g/mol. The van der Waals surface area contributed by atoms with Crippen LogP contribution in [0.5, 0.6) is 0 Å². The van der Waals surface area contributed by atoms with Crippen LogP contribution in [0.25, 0.3) is 22.2 Å². The van der Waals surface area contributed by atoms with Gasteiger partial charge in [-0.3, -0.25) is 19.0 Å². The molecule has 35 heavy (non-hydrogen) atoms. The first-order valence-corrected chi connectivity index (χ1v) is 10.9. The lowest BCUT2D eigenvalue weighted by Crippen LogP contribution is -2.33. The number of halogens is 1.